The van der Waals surface area contributed by atoms with Crippen molar-refractivity contribution in [3.63, 3.8) is 0 Å². The molecular weight excluding hydrogens is 228 g/mol. The van der Waals surface area contributed by atoms with Gasteiger partial charge in [0.05, 0.1) is 0 Å². The van der Waals surface area contributed by atoms with E-state index in [0.717, 1.165) is 49.7 Å². The van der Waals surface area contributed by atoms with Crippen molar-refractivity contribution in [1.82, 2.24) is 9.97 Å². The Bertz CT molecular complexity index is 389. The molecule has 0 amide bonds. The second kappa shape index (κ2) is 6.00. The Labute approximate surface area is 108 Å². The first kappa shape index (κ1) is 13.1. The maximum atomic E-state index is 9.16. The zero-order valence-electron chi connectivity index (χ0n) is 11.2. The van der Waals surface area contributed by atoms with E-state index in [9.17, 15) is 0 Å². The van der Waals surface area contributed by atoms with Crippen LogP contribution in [0.15, 0.2) is 6.33 Å². The first-order chi connectivity index (χ1) is 8.76. The molecule has 0 saturated carbocycles. The van der Waals surface area contributed by atoms with Gasteiger partial charge in [0.1, 0.15) is 18.0 Å². The van der Waals surface area contributed by atoms with Gasteiger partial charge in [-0.1, -0.05) is 0 Å². The predicted octanol–water partition coefficient (Wildman–Crippen LogP) is 1.43. The number of aliphatic hydroxyl groups excluding tert-OH is 1. The summed E-state index contributed by atoms with van der Waals surface area (Å²) in [6, 6.07) is 0. The molecule has 1 aliphatic heterocycles. The van der Waals surface area contributed by atoms with Crippen molar-refractivity contribution in [2.45, 2.75) is 26.7 Å². The minimum Gasteiger partial charge on any atom is -0.396 e. The van der Waals surface area contributed by atoms with Crippen LogP contribution in [-0.4, -0.2) is 41.3 Å². The van der Waals surface area contributed by atoms with E-state index >= 15 is 0 Å². The zero-order chi connectivity index (χ0) is 13.0. The van der Waals surface area contributed by atoms with Crippen LogP contribution in [0.3, 0.4) is 0 Å². The Morgan fingerprint density at radius 1 is 1.39 bits per heavy atom. The first-order valence-electron chi connectivity index (χ1n) is 6.67. The van der Waals surface area contributed by atoms with Crippen molar-refractivity contribution >= 4 is 11.6 Å². The highest BCUT2D eigenvalue weighted by Crippen LogP contribution is 2.26. The van der Waals surface area contributed by atoms with Gasteiger partial charge in [0, 0.05) is 31.8 Å². The summed E-state index contributed by atoms with van der Waals surface area (Å²) < 4.78 is 0. The van der Waals surface area contributed by atoms with Crippen LogP contribution >= 0.6 is 0 Å². The molecule has 2 rings (SSSR count). The highest BCUT2D eigenvalue weighted by Gasteiger charge is 2.21. The maximum Gasteiger partial charge on any atom is 0.137 e. The summed E-state index contributed by atoms with van der Waals surface area (Å²) in [5.74, 6) is 2.40. The summed E-state index contributed by atoms with van der Waals surface area (Å²) in [5, 5.41) is 12.4. The molecule has 0 spiro atoms. The molecule has 0 atom stereocenters. The number of anilines is 2. The summed E-state index contributed by atoms with van der Waals surface area (Å²) in [7, 11) is 0. The third-order valence-electron chi connectivity index (χ3n) is 3.57. The third-order valence-corrected chi connectivity index (χ3v) is 3.57. The molecule has 1 saturated heterocycles. The fourth-order valence-electron chi connectivity index (χ4n) is 2.43. The van der Waals surface area contributed by atoms with Crippen molar-refractivity contribution in [1.29, 1.82) is 0 Å². The number of hydrogen-bond acceptors (Lipinski definition) is 5. The predicted molar refractivity (Wildman–Crippen MR) is 73.0 cm³/mol. The maximum absolute atomic E-state index is 9.16. The van der Waals surface area contributed by atoms with Crippen molar-refractivity contribution in [2.24, 2.45) is 5.92 Å². The normalized spacial score (nSPS) is 16.9. The van der Waals surface area contributed by atoms with Gasteiger partial charge in [-0.3, -0.25) is 0 Å². The lowest BCUT2D eigenvalue weighted by Gasteiger charge is -2.33. The quantitative estimate of drug-likeness (QED) is 0.846. The molecule has 1 fully saturated rings. The third kappa shape index (κ3) is 2.72. The molecule has 1 aromatic rings. The van der Waals surface area contributed by atoms with Crippen molar-refractivity contribution in [2.75, 3.05) is 36.5 Å². The fourth-order valence-corrected chi connectivity index (χ4v) is 2.43. The van der Waals surface area contributed by atoms with Gasteiger partial charge in [-0.25, -0.2) is 9.97 Å². The lowest BCUT2D eigenvalue weighted by Crippen LogP contribution is -2.35. The van der Waals surface area contributed by atoms with Crippen LogP contribution in [0.2, 0.25) is 0 Å². The van der Waals surface area contributed by atoms with Crippen molar-refractivity contribution in [3.8, 4) is 0 Å². The second-order valence-electron chi connectivity index (χ2n) is 4.81. The smallest absolute Gasteiger partial charge is 0.137 e. The van der Waals surface area contributed by atoms with E-state index in [1.54, 1.807) is 6.33 Å². The van der Waals surface area contributed by atoms with Crippen LogP contribution in [-0.2, 0) is 0 Å². The van der Waals surface area contributed by atoms with E-state index in [4.69, 9.17) is 5.11 Å². The van der Waals surface area contributed by atoms with E-state index in [2.05, 4.69) is 34.0 Å². The summed E-state index contributed by atoms with van der Waals surface area (Å²) in [6.07, 6.45) is 3.70. The highest BCUT2D eigenvalue weighted by molar-refractivity contribution is 5.57. The average Bonchev–Trinajstić information content (AvgIpc) is 2.42. The van der Waals surface area contributed by atoms with Gasteiger partial charge < -0.3 is 15.3 Å². The van der Waals surface area contributed by atoms with Gasteiger partial charge in [0.15, 0.2) is 0 Å². The van der Waals surface area contributed by atoms with E-state index < -0.39 is 0 Å². The largest absolute Gasteiger partial charge is 0.396 e. The SMILES string of the molecule is CCNc1ncnc(N2CCC(CO)CC2)c1C. The minimum atomic E-state index is 0.305. The van der Waals surface area contributed by atoms with Crippen LogP contribution in [0, 0.1) is 12.8 Å². The van der Waals surface area contributed by atoms with E-state index in [1.165, 1.54) is 0 Å². The summed E-state index contributed by atoms with van der Waals surface area (Å²) in [5.41, 5.74) is 1.11. The van der Waals surface area contributed by atoms with Gasteiger partial charge in [-0.05, 0) is 32.6 Å². The van der Waals surface area contributed by atoms with Crippen LogP contribution in [0.25, 0.3) is 0 Å². The van der Waals surface area contributed by atoms with Crippen molar-refractivity contribution in [3.05, 3.63) is 11.9 Å². The van der Waals surface area contributed by atoms with Crippen molar-refractivity contribution < 1.29 is 5.11 Å². The summed E-state index contributed by atoms with van der Waals surface area (Å²) in [6.45, 7) is 7.23. The van der Waals surface area contributed by atoms with Crippen LogP contribution in [0.4, 0.5) is 11.6 Å². The fraction of sp³-hybridized carbons (Fsp3) is 0.692. The van der Waals surface area contributed by atoms with Gasteiger partial charge in [-0.15, -0.1) is 0 Å². The number of nitrogens with zero attached hydrogens (tertiary/aromatic N) is 3. The summed E-state index contributed by atoms with van der Waals surface area (Å²) >= 11 is 0. The molecular formula is C13H22N4O. The Balaban J connectivity index is 2.11. The van der Waals surface area contributed by atoms with Gasteiger partial charge in [0.25, 0.3) is 0 Å². The van der Waals surface area contributed by atoms with E-state index in [0.29, 0.717) is 12.5 Å². The molecule has 5 heteroatoms. The topological polar surface area (TPSA) is 61.3 Å². The molecule has 0 aromatic carbocycles. The van der Waals surface area contributed by atoms with Gasteiger partial charge >= 0.3 is 0 Å². The average molecular weight is 250 g/mol. The molecule has 1 aliphatic rings. The number of rotatable bonds is 4. The second-order valence-corrected chi connectivity index (χ2v) is 4.81. The molecule has 0 radical (unpaired) electrons. The number of nitrogens with one attached hydrogen (secondary N) is 1. The van der Waals surface area contributed by atoms with Gasteiger partial charge in [0.2, 0.25) is 0 Å². The standard InChI is InChI=1S/C13H22N4O/c1-3-14-12-10(2)13(16-9-15-12)17-6-4-11(8-18)5-7-17/h9,11,18H,3-8H2,1-2H3,(H,14,15,16). The molecule has 100 valence electrons. The lowest BCUT2D eigenvalue weighted by atomic mass is 9.98. The summed E-state index contributed by atoms with van der Waals surface area (Å²) in [4.78, 5) is 11.0. The number of piperidine rings is 1. The monoisotopic (exact) mass is 250 g/mol. The highest BCUT2D eigenvalue weighted by atomic mass is 16.3. The van der Waals surface area contributed by atoms with E-state index in [-0.39, 0.29) is 0 Å². The molecule has 1 aromatic heterocycles. The first-order valence-corrected chi connectivity index (χ1v) is 6.67. The Morgan fingerprint density at radius 3 is 2.72 bits per heavy atom. The Kier molecular flexibility index (Phi) is 4.36. The molecule has 0 unspecified atom stereocenters. The molecule has 5 nitrogen and oxygen atoms in total. The molecule has 2 heterocycles. The number of aliphatic hydroxyl groups is 1. The Morgan fingerprint density at radius 2 is 2.11 bits per heavy atom. The molecule has 0 bridgehead atoms. The Hall–Kier alpha value is -1.36. The van der Waals surface area contributed by atoms with E-state index in [1.807, 2.05) is 0 Å². The molecule has 18 heavy (non-hydrogen) atoms. The zero-order valence-corrected chi connectivity index (χ0v) is 11.2. The van der Waals surface area contributed by atoms with Crippen LogP contribution in [0.1, 0.15) is 25.3 Å². The lowest BCUT2D eigenvalue weighted by molar-refractivity contribution is 0.202. The van der Waals surface area contributed by atoms with Crippen LogP contribution < -0.4 is 10.2 Å². The molecule has 2 N–H and O–H groups in total. The number of hydrogen-bond donors (Lipinski definition) is 2. The molecule has 0 aliphatic carbocycles. The van der Waals surface area contributed by atoms with Gasteiger partial charge in [-0.2, -0.15) is 0 Å². The minimum absolute atomic E-state index is 0.305. The number of aromatic nitrogens is 2. The van der Waals surface area contributed by atoms with Crippen LogP contribution in [0.5, 0.6) is 0 Å².